The lowest BCUT2D eigenvalue weighted by molar-refractivity contribution is 1.11. The van der Waals surface area contributed by atoms with Crippen molar-refractivity contribution < 1.29 is 0 Å². The van der Waals surface area contributed by atoms with Crippen LogP contribution in [0.15, 0.2) is 42.5 Å². The van der Waals surface area contributed by atoms with Crippen molar-refractivity contribution in [1.29, 1.82) is 0 Å². The maximum Gasteiger partial charge on any atom is 0.0403 e. The van der Waals surface area contributed by atoms with E-state index in [1.54, 1.807) is 0 Å². The van der Waals surface area contributed by atoms with Gasteiger partial charge >= 0.3 is 0 Å². The predicted molar refractivity (Wildman–Crippen MR) is 74.4 cm³/mol. The van der Waals surface area contributed by atoms with E-state index in [0.29, 0.717) is 0 Å². The number of rotatable bonds is 3. The summed E-state index contributed by atoms with van der Waals surface area (Å²) in [6.45, 7) is 7.28. The van der Waals surface area contributed by atoms with E-state index in [9.17, 15) is 0 Å². The van der Waals surface area contributed by atoms with Crippen LogP contribution < -0.4 is 5.32 Å². The van der Waals surface area contributed by atoms with Crippen LogP contribution in [0.4, 0.5) is 5.69 Å². The van der Waals surface area contributed by atoms with Crippen LogP contribution in [-0.4, -0.2) is 0 Å². The molecule has 0 spiro atoms. The van der Waals surface area contributed by atoms with Crippen molar-refractivity contribution in [2.75, 3.05) is 5.32 Å². The number of aryl methyl sites for hydroxylation is 3. The predicted octanol–water partition coefficient (Wildman–Crippen LogP) is 4.22. The van der Waals surface area contributed by atoms with E-state index in [0.717, 1.165) is 6.54 Å². The average molecular weight is 225 g/mol. The van der Waals surface area contributed by atoms with Gasteiger partial charge in [-0.3, -0.25) is 0 Å². The highest BCUT2D eigenvalue weighted by Gasteiger charge is 1.98. The van der Waals surface area contributed by atoms with Crippen molar-refractivity contribution in [3.8, 4) is 0 Å². The van der Waals surface area contributed by atoms with Crippen LogP contribution in [0.5, 0.6) is 0 Å². The normalized spacial score (nSPS) is 10.3. The van der Waals surface area contributed by atoms with E-state index in [2.05, 4.69) is 68.6 Å². The first-order chi connectivity index (χ1) is 8.15. The van der Waals surface area contributed by atoms with Crippen LogP contribution in [0.25, 0.3) is 0 Å². The summed E-state index contributed by atoms with van der Waals surface area (Å²) in [5.74, 6) is 0. The lowest BCUT2D eigenvalue weighted by atomic mass is 10.1. The average Bonchev–Trinajstić information content (AvgIpc) is 2.30. The van der Waals surface area contributed by atoms with Crippen molar-refractivity contribution in [1.82, 2.24) is 0 Å². The van der Waals surface area contributed by atoms with Crippen LogP contribution in [0, 0.1) is 20.8 Å². The van der Waals surface area contributed by atoms with Crippen LogP contribution in [0.2, 0.25) is 0 Å². The lowest BCUT2D eigenvalue weighted by Gasteiger charge is -2.10. The molecule has 2 rings (SSSR count). The molecule has 0 saturated carbocycles. The van der Waals surface area contributed by atoms with Gasteiger partial charge in [0.05, 0.1) is 0 Å². The molecule has 88 valence electrons. The molecule has 0 amide bonds. The van der Waals surface area contributed by atoms with Gasteiger partial charge in [-0.25, -0.2) is 0 Å². The largest absolute Gasteiger partial charge is 0.381 e. The number of benzene rings is 2. The summed E-state index contributed by atoms with van der Waals surface area (Å²) in [7, 11) is 0. The van der Waals surface area contributed by atoms with E-state index >= 15 is 0 Å². The Kier molecular flexibility index (Phi) is 3.48. The maximum atomic E-state index is 3.45. The molecule has 2 aromatic carbocycles. The number of hydrogen-bond donors (Lipinski definition) is 1. The van der Waals surface area contributed by atoms with Gasteiger partial charge in [0.25, 0.3) is 0 Å². The van der Waals surface area contributed by atoms with Gasteiger partial charge in [0.15, 0.2) is 0 Å². The van der Waals surface area contributed by atoms with Crippen LogP contribution in [0.1, 0.15) is 22.3 Å². The quantitative estimate of drug-likeness (QED) is 0.824. The van der Waals surface area contributed by atoms with Gasteiger partial charge in [0, 0.05) is 12.2 Å². The zero-order chi connectivity index (χ0) is 12.3. The van der Waals surface area contributed by atoms with Gasteiger partial charge in [0.1, 0.15) is 0 Å². The summed E-state index contributed by atoms with van der Waals surface area (Å²) in [6, 6.07) is 15.1. The molecule has 0 aliphatic rings. The second-order valence-corrected chi connectivity index (χ2v) is 4.65. The Morgan fingerprint density at radius 3 is 2.12 bits per heavy atom. The summed E-state index contributed by atoms with van der Waals surface area (Å²) < 4.78 is 0. The smallest absolute Gasteiger partial charge is 0.0403 e. The zero-order valence-electron chi connectivity index (χ0n) is 10.7. The lowest BCUT2D eigenvalue weighted by Crippen LogP contribution is -2.01. The second-order valence-electron chi connectivity index (χ2n) is 4.65. The van der Waals surface area contributed by atoms with Crippen molar-refractivity contribution in [3.05, 3.63) is 64.7 Å². The van der Waals surface area contributed by atoms with Gasteiger partial charge < -0.3 is 5.32 Å². The summed E-state index contributed by atoms with van der Waals surface area (Å²) >= 11 is 0. The number of anilines is 1. The van der Waals surface area contributed by atoms with Gasteiger partial charge in [-0.2, -0.15) is 0 Å². The second kappa shape index (κ2) is 5.05. The Labute approximate surface area is 103 Å². The molecular weight excluding hydrogens is 206 g/mol. The summed E-state index contributed by atoms with van der Waals surface area (Å²) in [6.07, 6.45) is 0. The van der Waals surface area contributed by atoms with Gasteiger partial charge in [0.2, 0.25) is 0 Å². The first-order valence-electron chi connectivity index (χ1n) is 6.02. The fraction of sp³-hybridized carbons (Fsp3) is 0.250. The third-order valence-corrected chi connectivity index (χ3v) is 3.03. The zero-order valence-corrected chi connectivity index (χ0v) is 10.7. The molecule has 0 aliphatic carbocycles. The Hall–Kier alpha value is -1.76. The molecule has 0 atom stereocenters. The molecule has 0 bridgehead atoms. The van der Waals surface area contributed by atoms with Crippen molar-refractivity contribution in [2.45, 2.75) is 27.3 Å². The Morgan fingerprint density at radius 1 is 0.824 bits per heavy atom. The Balaban J connectivity index is 2.04. The molecule has 0 radical (unpaired) electrons. The topological polar surface area (TPSA) is 12.0 Å². The molecule has 1 nitrogen and oxygen atoms in total. The van der Waals surface area contributed by atoms with E-state index in [-0.39, 0.29) is 0 Å². The fourth-order valence-electron chi connectivity index (χ4n) is 1.91. The third kappa shape index (κ3) is 3.10. The molecule has 1 heteroatoms. The van der Waals surface area contributed by atoms with Crippen LogP contribution >= 0.6 is 0 Å². The molecule has 2 aromatic rings. The Morgan fingerprint density at radius 2 is 1.47 bits per heavy atom. The van der Waals surface area contributed by atoms with E-state index in [1.807, 2.05) is 0 Å². The SMILES string of the molecule is Cc1ccc(NCc2ccc(C)cc2C)cc1. The highest BCUT2D eigenvalue weighted by molar-refractivity contribution is 5.45. The Bertz CT molecular complexity index is 497. The van der Waals surface area contributed by atoms with Crippen LogP contribution in [0.3, 0.4) is 0 Å². The van der Waals surface area contributed by atoms with Crippen LogP contribution in [-0.2, 0) is 6.54 Å². The summed E-state index contributed by atoms with van der Waals surface area (Å²) in [5.41, 5.74) is 6.50. The first kappa shape index (κ1) is 11.7. The molecular formula is C16H19N. The molecule has 17 heavy (non-hydrogen) atoms. The van der Waals surface area contributed by atoms with E-state index in [4.69, 9.17) is 0 Å². The summed E-state index contributed by atoms with van der Waals surface area (Å²) in [5, 5.41) is 3.45. The minimum Gasteiger partial charge on any atom is -0.381 e. The van der Waals surface area contributed by atoms with Crippen molar-refractivity contribution in [3.63, 3.8) is 0 Å². The molecule has 0 aliphatic heterocycles. The molecule has 0 fully saturated rings. The first-order valence-corrected chi connectivity index (χ1v) is 6.02. The molecule has 0 saturated heterocycles. The third-order valence-electron chi connectivity index (χ3n) is 3.03. The van der Waals surface area contributed by atoms with Crippen molar-refractivity contribution >= 4 is 5.69 Å². The highest BCUT2D eigenvalue weighted by atomic mass is 14.9. The van der Waals surface area contributed by atoms with Gasteiger partial charge in [-0.05, 0) is 44.0 Å². The van der Waals surface area contributed by atoms with E-state index in [1.165, 1.54) is 27.9 Å². The monoisotopic (exact) mass is 225 g/mol. The molecule has 0 unspecified atom stereocenters. The number of nitrogens with one attached hydrogen (secondary N) is 1. The minimum absolute atomic E-state index is 0.884. The van der Waals surface area contributed by atoms with Gasteiger partial charge in [-0.1, -0.05) is 41.5 Å². The molecule has 0 aromatic heterocycles. The fourth-order valence-corrected chi connectivity index (χ4v) is 1.91. The van der Waals surface area contributed by atoms with Crippen molar-refractivity contribution in [2.24, 2.45) is 0 Å². The maximum absolute atomic E-state index is 3.45. The number of hydrogen-bond acceptors (Lipinski definition) is 1. The van der Waals surface area contributed by atoms with E-state index < -0.39 is 0 Å². The molecule has 1 N–H and O–H groups in total. The standard InChI is InChI=1S/C16H19N/c1-12-5-8-16(9-6-12)17-11-15-7-4-13(2)10-14(15)3/h4-10,17H,11H2,1-3H3. The molecule has 0 heterocycles. The van der Waals surface area contributed by atoms with Gasteiger partial charge in [-0.15, -0.1) is 0 Å². The highest BCUT2D eigenvalue weighted by Crippen LogP contribution is 2.14. The minimum atomic E-state index is 0.884. The summed E-state index contributed by atoms with van der Waals surface area (Å²) in [4.78, 5) is 0.